The van der Waals surface area contributed by atoms with Crippen LogP contribution in [0.4, 0.5) is 0 Å². The Labute approximate surface area is 162 Å². The van der Waals surface area contributed by atoms with Gasteiger partial charge in [0.1, 0.15) is 11.5 Å². The molecule has 6 nitrogen and oxygen atoms in total. The van der Waals surface area contributed by atoms with E-state index in [2.05, 4.69) is 0 Å². The Morgan fingerprint density at radius 3 is 2.78 bits per heavy atom. The highest BCUT2D eigenvalue weighted by atomic mass is 32.2. The summed E-state index contributed by atoms with van der Waals surface area (Å²) in [6.07, 6.45) is 3.22. The number of carbonyl (C=O) groups is 1. The van der Waals surface area contributed by atoms with E-state index >= 15 is 0 Å². The first-order chi connectivity index (χ1) is 13.0. The molecule has 2 aromatic rings. The van der Waals surface area contributed by atoms with Crippen molar-refractivity contribution in [2.75, 3.05) is 26.3 Å². The maximum absolute atomic E-state index is 12.7. The molecule has 144 valence electrons. The quantitative estimate of drug-likeness (QED) is 0.713. The van der Waals surface area contributed by atoms with Crippen LogP contribution in [0.15, 0.2) is 35.2 Å². The van der Waals surface area contributed by atoms with Gasteiger partial charge < -0.3 is 9.47 Å². The molecule has 27 heavy (non-hydrogen) atoms. The third-order valence-electron chi connectivity index (χ3n) is 4.82. The summed E-state index contributed by atoms with van der Waals surface area (Å²) in [6, 6.07) is 8.51. The van der Waals surface area contributed by atoms with Crippen molar-refractivity contribution >= 4 is 27.3 Å². The molecule has 0 spiro atoms. The van der Waals surface area contributed by atoms with Crippen LogP contribution in [-0.4, -0.2) is 45.0 Å². The van der Waals surface area contributed by atoms with Gasteiger partial charge in [0.05, 0.1) is 18.1 Å². The number of aryl methyl sites for hydroxylation is 2. The molecule has 1 aliphatic heterocycles. The molecule has 1 aromatic heterocycles. The fourth-order valence-electron chi connectivity index (χ4n) is 3.38. The minimum atomic E-state index is -3.56. The largest absolute Gasteiger partial charge is 0.457 e. The Hall–Kier alpha value is -1.74. The van der Waals surface area contributed by atoms with E-state index < -0.39 is 10.0 Å². The Morgan fingerprint density at radius 1 is 1.19 bits per heavy atom. The van der Waals surface area contributed by atoms with E-state index in [1.54, 1.807) is 24.3 Å². The first kappa shape index (κ1) is 18.6. The lowest BCUT2D eigenvalue weighted by Gasteiger charge is -2.26. The van der Waals surface area contributed by atoms with E-state index in [1.165, 1.54) is 26.1 Å². The number of hydrogen-bond acceptors (Lipinski definition) is 6. The van der Waals surface area contributed by atoms with Crippen molar-refractivity contribution in [3.63, 3.8) is 0 Å². The monoisotopic (exact) mass is 407 g/mol. The van der Waals surface area contributed by atoms with Crippen molar-refractivity contribution < 1.29 is 22.7 Å². The molecular weight excluding hydrogens is 386 g/mol. The number of carbonyl (C=O) groups excluding carboxylic acids is 1. The molecule has 1 fully saturated rings. The fourth-order valence-corrected chi connectivity index (χ4v) is 6.01. The SMILES string of the molecule is O=C(OCc1cccc(S(=O)(=O)N2CCOCC2)c1)c1cc2c(s1)CCC2. The van der Waals surface area contributed by atoms with Crippen molar-refractivity contribution in [3.8, 4) is 0 Å². The number of morpholine rings is 1. The zero-order valence-corrected chi connectivity index (χ0v) is 16.5. The van der Waals surface area contributed by atoms with Crippen LogP contribution >= 0.6 is 11.3 Å². The molecular formula is C19H21NO5S2. The molecule has 4 rings (SSSR count). The number of benzene rings is 1. The standard InChI is InChI=1S/C19H21NO5S2/c21-19(18-12-15-4-2-6-17(15)26-18)25-13-14-3-1-5-16(11-14)27(22,23)20-7-9-24-10-8-20/h1,3,5,11-12H,2,4,6-10,13H2. The molecule has 0 unspecified atom stereocenters. The number of ether oxygens (including phenoxy) is 2. The van der Waals surface area contributed by atoms with Crippen LogP contribution in [0.1, 0.15) is 32.1 Å². The zero-order valence-electron chi connectivity index (χ0n) is 14.8. The lowest BCUT2D eigenvalue weighted by atomic mass is 10.2. The topological polar surface area (TPSA) is 72.9 Å². The van der Waals surface area contributed by atoms with Crippen LogP contribution in [0.5, 0.6) is 0 Å². The second-order valence-electron chi connectivity index (χ2n) is 6.65. The third-order valence-corrected chi connectivity index (χ3v) is 7.94. The van der Waals surface area contributed by atoms with Gasteiger partial charge in [-0.05, 0) is 48.6 Å². The maximum atomic E-state index is 12.7. The summed E-state index contributed by atoms with van der Waals surface area (Å²) in [6.45, 7) is 1.56. The second kappa shape index (κ2) is 7.71. The number of nitrogens with zero attached hydrogens (tertiary/aromatic N) is 1. The van der Waals surface area contributed by atoms with Crippen LogP contribution in [0.25, 0.3) is 0 Å². The average molecular weight is 408 g/mol. The fraction of sp³-hybridized carbons (Fsp3) is 0.421. The van der Waals surface area contributed by atoms with Gasteiger partial charge >= 0.3 is 5.97 Å². The maximum Gasteiger partial charge on any atom is 0.348 e. The summed E-state index contributed by atoms with van der Waals surface area (Å²) in [5.74, 6) is -0.351. The minimum Gasteiger partial charge on any atom is -0.457 e. The van der Waals surface area contributed by atoms with Crippen molar-refractivity contribution in [1.29, 1.82) is 0 Å². The van der Waals surface area contributed by atoms with Crippen LogP contribution in [0.3, 0.4) is 0 Å². The van der Waals surface area contributed by atoms with Gasteiger partial charge in [0, 0.05) is 18.0 Å². The summed E-state index contributed by atoms with van der Waals surface area (Å²) >= 11 is 1.50. The highest BCUT2D eigenvalue weighted by Crippen LogP contribution is 2.31. The number of hydrogen-bond donors (Lipinski definition) is 0. The van der Waals surface area contributed by atoms with E-state index in [9.17, 15) is 13.2 Å². The van der Waals surface area contributed by atoms with Crippen molar-refractivity contribution in [3.05, 3.63) is 51.2 Å². The van der Waals surface area contributed by atoms with E-state index in [-0.39, 0.29) is 17.5 Å². The zero-order chi connectivity index (χ0) is 18.9. The average Bonchev–Trinajstić information content (AvgIpc) is 3.29. The third kappa shape index (κ3) is 3.94. The molecule has 1 saturated heterocycles. The highest BCUT2D eigenvalue weighted by molar-refractivity contribution is 7.89. The number of esters is 1. The summed E-state index contributed by atoms with van der Waals surface area (Å²) in [4.78, 5) is 14.4. The van der Waals surface area contributed by atoms with Crippen molar-refractivity contribution in [2.24, 2.45) is 0 Å². The molecule has 0 bridgehead atoms. The molecule has 0 saturated carbocycles. The summed E-state index contributed by atoms with van der Waals surface area (Å²) in [7, 11) is -3.56. The summed E-state index contributed by atoms with van der Waals surface area (Å²) in [5.41, 5.74) is 1.91. The second-order valence-corrected chi connectivity index (χ2v) is 9.73. The number of thiophene rings is 1. The lowest BCUT2D eigenvalue weighted by Crippen LogP contribution is -2.40. The molecule has 0 radical (unpaired) electrons. The molecule has 1 aliphatic carbocycles. The van der Waals surface area contributed by atoms with Crippen LogP contribution in [0.2, 0.25) is 0 Å². The van der Waals surface area contributed by atoms with Crippen LogP contribution in [0, 0.1) is 0 Å². The molecule has 1 aromatic carbocycles. The Balaban J connectivity index is 1.43. The Morgan fingerprint density at radius 2 is 2.00 bits per heavy atom. The van der Waals surface area contributed by atoms with Gasteiger partial charge in [-0.3, -0.25) is 0 Å². The van der Waals surface area contributed by atoms with Gasteiger partial charge in [-0.2, -0.15) is 4.31 Å². The smallest absolute Gasteiger partial charge is 0.348 e. The molecule has 2 aliphatic rings. The number of sulfonamides is 1. The minimum absolute atomic E-state index is 0.0495. The number of rotatable bonds is 5. The van der Waals surface area contributed by atoms with Crippen molar-refractivity contribution in [2.45, 2.75) is 30.8 Å². The van der Waals surface area contributed by atoms with Gasteiger partial charge in [0.25, 0.3) is 0 Å². The van der Waals surface area contributed by atoms with E-state index in [1.807, 2.05) is 6.07 Å². The summed E-state index contributed by atoms with van der Waals surface area (Å²) < 4.78 is 37.5. The summed E-state index contributed by atoms with van der Waals surface area (Å²) in [5, 5.41) is 0. The number of fused-ring (bicyclic) bond motifs is 1. The first-order valence-corrected chi connectivity index (χ1v) is 11.3. The van der Waals surface area contributed by atoms with Crippen LogP contribution in [-0.2, 0) is 38.9 Å². The van der Waals surface area contributed by atoms with E-state index in [0.29, 0.717) is 36.7 Å². The van der Waals surface area contributed by atoms with Gasteiger partial charge in [-0.15, -0.1) is 11.3 Å². The predicted octanol–water partition coefficient (Wildman–Crippen LogP) is 2.61. The van der Waals surface area contributed by atoms with Gasteiger partial charge in [-0.1, -0.05) is 12.1 Å². The van der Waals surface area contributed by atoms with Crippen LogP contribution < -0.4 is 0 Å². The lowest BCUT2D eigenvalue weighted by molar-refractivity contribution is 0.0478. The molecule has 0 amide bonds. The first-order valence-electron chi connectivity index (χ1n) is 8.99. The molecule has 0 atom stereocenters. The molecule has 0 N–H and O–H groups in total. The van der Waals surface area contributed by atoms with E-state index in [4.69, 9.17) is 9.47 Å². The molecule has 2 heterocycles. The normalized spacial score (nSPS) is 17.6. The van der Waals surface area contributed by atoms with Gasteiger partial charge in [0.2, 0.25) is 10.0 Å². The predicted molar refractivity (Wildman–Crippen MR) is 101 cm³/mol. The Kier molecular flexibility index (Phi) is 5.32. The Bertz CT molecular complexity index is 923. The van der Waals surface area contributed by atoms with E-state index in [0.717, 1.165) is 19.3 Å². The van der Waals surface area contributed by atoms with Gasteiger partial charge in [-0.25, -0.2) is 13.2 Å². The van der Waals surface area contributed by atoms with Crippen molar-refractivity contribution in [1.82, 2.24) is 4.31 Å². The van der Waals surface area contributed by atoms with Gasteiger partial charge in [0.15, 0.2) is 0 Å². The highest BCUT2D eigenvalue weighted by Gasteiger charge is 2.26. The molecule has 8 heteroatoms.